The lowest BCUT2D eigenvalue weighted by Crippen LogP contribution is -2.37. The van der Waals surface area contributed by atoms with Crippen molar-refractivity contribution in [3.63, 3.8) is 0 Å². The number of hydrogen-bond donors (Lipinski definition) is 2. The molecule has 2 aromatic rings. The van der Waals surface area contributed by atoms with Crippen molar-refractivity contribution in [1.82, 2.24) is 5.32 Å². The van der Waals surface area contributed by atoms with E-state index in [2.05, 4.69) is 17.6 Å². The lowest BCUT2D eigenvalue weighted by Gasteiger charge is -2.23. The van der Waals surface area contributed by atoms with Crippen LogP contribution < -0.4 is 15.5 Å². The third-order valence-electron chi connectivity index (χ3n) is 4.12. The minimum absolute atomic E-state index is 0.0494. The predicted octanol–water partition coefficient (Wildman–Crippen LogP) is 5.73. The second kappa shape index (κ2) is 11.6. The number of nitrogens with zero attached hydrogens (tertiary/aromatic N) is 1. The maximum atomic E-state index is 12.8. The fourth-order valence-electron chi connectivity index (χ4n) is 2.61. The molecule has 0 saturated heterocycles. The molecule has 0 aromatic heterocycles. The average Bonchev–Trinajstić information content (AvgIpc) is 2.69. The van der Waals surface area contributed by atoms with Gasteiger partial charge in [0, 0.05) is 30.9 Å². The van der Waals surface area contributed by atoms with Gasteiger partial charge >= 0.3 is 6.03 Å². The van der Waals surface area contributed by atoms with Crippen molar-refractivity contribution < 1.29 is 9.59 Å². The van der Waals surface area contributed by atoms with Crippen molar-refractivity contribution in [2.45, 2.75) is 32.6 Å². The van der Waals surface area contributed by atoms with Gasteiger partial charge in [0.15, 0.2) is 0 Å². The normalized spacial score (nSPS) is 10.4. The Morgan fingerprint density at radius 1 is 1.00 bits per heavy atom. The number of unbranched alkanes of at least 4 members (excludes halogenated alkanes) is 1. The van der Waals surface area contributed by atoms with Crippen molar-refractivity contribution in [3.05, 3.63) is 58.6 Å². The van der Waals surface area contributed by atoms with Crippen molar-refractivity contribution >= 4 is 46.5 Å². The summed E-state index contributed by atoms with van der Waals surface area (Å²) in [5.41, 5.74) is 1.34. The molecule has 5 nitrogen and oxygen atoms in total. The molecule has 0 saturated carbocycles. The molecule has 0 atom stereocenters. The molecule has 7 heteroatoms. The van der Waals surface area contributed by atoms with E-state index in [0.717, 1.165) is 18.5 Å². The summed E-state index contributed by atoms with van der Waals surface area (Å²) < 4.78 is 0. The monoisotopic (exact) mass is 421 g/mol. The molecule has 2 aromatic carbocycles. The number of benzene rings is 2. The Kier molecular flexibility index (Phi) is 9.11. The van der Waals surface area contributed by atoms with Crippen LogP contribution in [0.25, 0.3) is 0 Å². The number of rotatable bonds is 9. The van der Waals surface area contributed by atoms with Crippen LogP contribution in [-0.2, 0) is 4.79 Å². The summed E-state index contributed by atoms with van der Waals surface area (Å²) in [6, 6.07) is 14.1. The first-order valence-corrected chi connectivity index (χ1v) is 10.1. The number of amides is 3. The molecule has 3 amide bonds. The van der Waals surface area contributed by atoms with Crippen LogP contribution in [0.3, 0.4) is 0 Å². The minimum atomic E-state index is -0.276. The van der Waals surface area contributed by atoms with Crippen molar-refractivity contribution in [3.8, 4) is 0 Å². The fourth-order valence-corrected chi connectivity index (χ4v) is 2.91. The Balaban J connectivity index is 1.98. The number of anilines is 2. The lowest BCUT2D eigenvalue weighted by molar-refractivity contribution is -0.121. The minimum Gasteiger partial charge on any atom is -0.356 e. The van der Waals surface area contributed by atoms with Gasteiger partial charge in [-0.15, -0.1) is 0 Å². The van der Waals surface area contributed by atoms with Crippen LogP contribution in [-0.4, -0.2) is 25.0 Å². The summed E-state index contributed by atoms with van der Waals surface area (Å²) in [4.78, 5) is 26.2. The number of hydrogen-bond acceptors (Lipinski definition) is 2. The predicted molar refractivity (Wildman–Crippen MR) is 116 cm³/mol. The number of para-hydroxylation sites is 1. The van der Waals surface area contributed by atoms with Crippen molar-refractivity contribution in [2.75, 3.05) is 23.3 Å². The van der Waals surface area contributed by atoms with Gasteiger partial charge in [-0.1, -0.05) is 54.7 Å². The highest BCUT2D eigenvalue weighted by atomic mass is 35.5. The van der Waals surface area contributed by atoms with Crippen LogP contribution in [0.5, 0.6) is 0 Å². The maximum Gasteiger partial charge on any atom is 0.326 e. The van der Waals surface area contributed by atoms with Gasteiger partial charge in [0.05, 0.1) is 10.0 Å². The first-order valence-electron chi connectivity index (χ1n) is 9.36. The third-order valence-corrected chi connectivity index (χ3v) is 4.86. The number of urea groups is 1. The van der Waals surface area contributed by atoms with Crippen molar-refractivity contribution in [2.24, 2.45) is 0 Å². The lowest BCUT2D eigenvalue weighted by atomic mass is 10.2. The van der Waals surface area contributed by atoms with E-state index in [4.69, 9.17) is 23.2 Å². The van der Waals surface area contributed by atoms with Crippen LogP contribution in [0.2, 0.25) is 10.0 Å². The first kappa shape index (κ1) is 22.1. The van der Waals surface area contributed by atoms with E-state index in [1.807, 2.05) is 30.3 Å². The van der Waals surface area contributed by atoms with Gasteiger partial charge in [-0.25, -0.2) is 4.79 Å². The summed E-state index contributed by atoms with van der Waals surface area (Å²) in [5, 5.41) is 6.54. The second-order valence-electron chi connectivity index (χ2n) is 6.35. The SMILES string of the molecule is CCCCC(=O)NCCCN(C(=O)Nc1ccc(Cl)c(Cl)c1)c1ccccc1. The Hall–Kier alpha value is -2.24. The third kappa shape index (κ3) is 7.06. The van der Waals surface area contributed by atoms with Crippen LogP contribution in [0, 0.1) is 0 Å². The van der Waals surface area contributed by atoms with Gasteiger partial charge in [-0.3, -0.25) is 9.69 Å². The van der Waals surface area contributed by atoms with Gasteiger partial charge in [-0.05, 0) is 43.2 Å². The van der Waals surface area contributed by atoms with Gasteiger partial charge < -0.3 is 10.6 Å². The Bertz CT molecular complexity index is 784. The van der Waals surface area contributed by atoms with Gasteiger partial charge in [0.2, 0.25) is 5.91 Å². The van der Waals surface area contributed by atoms with Crippen LogP contribution in [0.4, 0.5) is 16.2 Å². The average molecular weight is 422 g/mol. The van der Waals surface area contributed by atoms with Gasteiger partial charge in [-0.2, -0.15) is 0 Å². The summed E-state index contributed by atoms with van der Waals surface area (Å²) in [7, 11) is 0. The van der Waals surface area contributed by atoms with E-state index in [0.29, 0.717) is 41.7 Å². The molecule has 150 valence electrons. The van der Waals surface area contributed by atoms with E-state index in [-0.39, 0.29) is 11.9 Å². The Morgan fingerprint density at radius 3 is 2.43 bits per heavy atom. The number of carbonyl (C=O) groups is 2. The van der Waals surface area contributed by atoms with Gasteiger partial charge in [0.25, 0.3) is 0 Å². The number of carbonyl (C=O) groups excluding carboxylic acids is 2. The molecule has 2 rings (SSSR count). The van der Waals surface area contributed by atoms with E-state index in [1.165, 1.54) is 0 Å². The summed E-state index contributed by atoms with van der Waals surface area (Å²) in [6.07, 6.45) is 3.05. The zero-order valence-corrected chi connectivity index (χ0v) is 17.4. The maximum absolute atomic E-state index is 12.8. The number of halogens is 2. The van der Waals surface area contributed by atoms with Crippen LogP contribution in [0.15, 0.2) is 48.5 Å². The molecule has 0 fully saturated rings. The largest absolute Gasteiger partial charge is 0.356 e. The highest BCUT2D eigenvalue weighted by Crippen LogP contribution is 2.25. The Morgan fingerprint density at radius 2 is 1.75 bits per heavy atom. The molecular formula is C21H25Cl2N3O2. The molecule has 0 heterocycles. The fraction of sp³-hybridized carbons (Fsp3) is 0.333. The Labute approximate surface area is 176 Å². The highest BCUT2D eigenvalue weighted by Gasteiger charge is 2.16. The molecule has 0 radical (unpaired) electrons. The number of nitrogens with one attached hydrogen (secondary N) is 2. The van der Waals surface area contributed by atoms with Crippen molar-refractivity contribution in [1.29, 1.82) is 0 Å². The molecule has 0 unspecified atom stereocenters. The molecule has 28 heavy (non-hydrogen) atoms. The highest BCUT2D eigenvalue weighted by molar-refractivity contribution is 6.42. The molecule has 0 aliphatic carbocycles. The molecule has 0 spiro atoms. The standard InChI is InChI=1S/C21H25Cl2N3O2/c1-2-3-10-20(27)24-13-7-14-26(17-8-5-4-6-9-17)21(28)25-16-11-12-18(22)19(23)15-16/h4-6,8-9,11-12,15H,2-3,7,10,13-14H2,1H3,(H,24,27)(H,25,28). The molecule has 2 N–H and O–H groups in total. The zero-order valence-electron chi connectivity index (χ0n) is 15.9. The topological polar surface area (TPSA) is 61.4 Å². The molecular weight excluding hydrogens is 397 g/mol. The zero-order chi connectivity index (χ0) is 20.4. The summed E-state index contributed by atoms with van der Waals surface area (Å²) in [6.45, 7) is 3.04. The van der Waals surface area contributed by atoms with E-state index in [9.17, 15) is 9.59 Å². The second-order valence-corrected chi connectivity index (χ2v) is 7.17. The summed E-state index contributed by atoms with van der Waals surface area (Å²) in [5.74, 6) is 0.0494. The van der Waals surface area contributed by atoms with Crippen LogP contribution >= 0.6 is 23.2 Å². The van der Waals surface area contributed by atoms with Gasteiger partial charge in [0.1, 0.15) is 0 Å². The smallest absolute Gasteiger partial charge is 0.326 e. The van der Waals surface area contributed by atoms with E-state index in [1.54, 1.807) is 23.1 Å². The molecule has 0 aliphatic heterocycles. The summed E-state index contributed by atoms with van der Waals surface area (Å²) >= 11 is 12.0. The van der Waals surface area contributed by atoms with Crippen LogP contribution in [0.1, 0.15) is 32.6 Å². The molecule has 0 bridgehead atoms. The van der Waals surface area contributed by atoms with E-state index < -0.39 is 0 Å². The van der Waals surface area contributed by atoms with E-state index >= 15 is 0 Å². The first-order chi connectivity index (χ1) is 13.5. The quantitative estimate of drug-likeness (QED) is 0.507. The molecule has 0 aliphatic rings.